The van der Waals surface area contributed by atoms with Crippen LogP contribution in [0.2, 0.25) is 0 Å². The zero-order valence-corrected chi connectivity index (χ0v) is 19.9. The van der Waals surface area contributed by atoms with Gasteiger partial charge in [-0.15, -0.1) is 0 Å². The average Bonchev–Trinajstić information content (AvgIpc) is 2.77. The summed E-state index contributed by atoms with van der Waals surface area (Å²) in [4.78, 5) is 14.3. The first kappa shape index (κ1) is 24.0. The zero-order valence-electron chi connectivity index (χ0n) is 18.3. The molecule has 1 fully saturated rings. The molecule has 3 rings (SSSR count). The summed E-state index contributed by atoms with van der Waals surface area (Å²) in [6, 6.07) is 13.1. The minimum Gasteiger partial charge on any atom is -0.484 e. The lowest BCUT2D eigenvalue weighted by Crippen LogP contribution is -2.51. The normalized spacial score (nSPS) is 15.4. The largest absolute Gasteiger partial charge is 0.484 e. The van der Waals surface area contributed by atoms with Gasteiger partial charge in [0.15, 0.2) is 6.61 Å². The Morgan fingerprint density at radius 2 is 1.50 bits per heavy atom. The van der Waals surface area contributed by atoms with Gasteiger partial charge in [-0.1, -0.05) is 17.7 Å². The third-order valence-corrected chi connectivity index (χ3v) is 8.43. The number of hydrogen-bond donors (Lipinski definition) is 0. The van der Waals surface area contributed by atoms with Crippen LogP contribution in [0.4, 0.5) is 5.69 Å². The number of ether oxygens (including phenoxy) is 1. The maximum atomic E-state index is 12.8. The first-order valence-electron chi connectivity index (χ1n) is 10.00. The molecule has 0 unspecified atom stereocenters. The van der Waals surface area contributed by atoms with Gasteiger partial charge in [-0.3, -0.25) is 9.10 Å². The van der Waals surface area contributed by atoms with Crippen molar-refractivity contribution in [1.29, 1.82) is 0 Å². The summed E-state index contributed by atoms with van der Waals surface area (Å²) in [5.41, 5.74) is 1.47. The van der Waals surface area contributed by atoms with Crippen LogP contribution in [0.3, 0.4) is 0 Å². The minimum absolute atomic E-state index is 0.189. The summed E-state index contributed by atoms with van der Waals surface area (Å²) in [5.74, 6) is 0.194. The number of aryl methyl sites for hydroxylation is 1. The standard InChI is InChI=1S/C21H27N3O6S2/c1-17-4-10-20(11-5-17)32(28,29)24-14-12-23(13-15-24)21(25)16-30-19-8-6-18(7-9-19)22(2)31(3,26)27/h4-11H,12-16H2,1-3H3. The van der Waals surface area contributed by atoms with Crippen LogP contribution in [0.25, 0.3) is 0 Å². The molecule has 2 aromatic rings. The van der Waals surface area contributed by atoms with Gasteiger partial charge in [-0.2, -0.15) is 4.31 Å². The van der Waals surface area contributed by atoms with Crippen LogP contribution < -0.4 is 9.04 Å². The SMILES string of the molecule is Cc1ccc(S(=O)(=O)N2CCN(C(=O)COc3ccc(N(C)S(C)(=O)=O)cc3)CC2)cc1. The lowest BCUT2D eigenvalue weighted by Gasteiger charge is -2.34. The van der Waals surface area contributed by atoms with Crippen molar-refractivity contribution in [2.24, 2.45) is 0 Å². The first-order chi connectivity index (χ1) is 15.0. The molecule has 0 spiro atoms. The van der Waals surface area contributed by atoms with Gasteiger partial charge in [0.25, 0.3) is 5.91 Å². The smallest absolute Gasteiger partial charge is 0.260 e. The van der Waals surface area contributed by atoms with Gasteiger partial charge in [0.2, 0.25) is 20.0 Å². The van der Waals surface area contributed by atoms with Crippen LogP contribution in [0, 0.1) is 6.92 Å². The second kappa shape index (κ2) is 9.47. The number of carbonyl (C=O) groups excluding carboxylic acids is 1. The number of rotatable bonds is 7. The molecule has 0 bridgehead atoms. The van der Waals surface area contributed by atoms with E-state index in [0.717, 1.165) is 16.1 Å². The second-order valence-corrected chi connectivity index (χ2v) is 11.6. The molecular formula is C21H27N3O6S2. The molecule has 32 heavy (non-hydrogen) atoms. The van der Waals surface area contributed by atoms with Crippen LogP contribution in [-0.2, 0) is 24.8 Å². The maximum Gasteiger partial charge on any atom is 0.260 e. The molecule has 0 aliphatic carbocycles. The fraction of sp³-hybridized carbons (Fsp3) is 0.381. The summed E-state index contributed by atoms with van der Waals surface area (Å²) in [5, 5.41) is 0. The quantitative estimate of drug-likeness (QED) is 0.591. The molecule has 0 atom stereocenters. The average molecular weight is 482 g/mol. The highest BCUT2D eigenvalue weighted by molar-refractivity contribution is 7.92. The molecule has 1 aliphatic heterocycles. The Morgan fingerprint density at radius 3 is 2.03 bits per heavy atom. The predicted molar refractivity (Wildman–Crippen MR) is 122 cm³/mol. The van der Waals surface area contributed by atoms with E-state index in [-0.39, 0.29) is 43.6 Å². The lowest BCUT2D eigenvalue weighted by molar-refractivity contribution is -0.134. The van der Waals surface area contributed by atoms with Crippen LogP contribution in [0.1, 0.15) is 5.56 Å². The Balaban J connectivity index is 1.52. The molecule has 1 amide bonds. The minimum atomic E-state index is -3.59. The molecule has 11 heteroatoms. The molecule has 0 saturated carbocycles. The van der Waals surface area contributed by atoms with E-state index in [2.05, 4.69) is 0 Å². The number of amides is 1. The lowest BCUT2D eigenvalue weighted by atomic mass is 10.2. The van der Waals surface area contributed by atoms with Gasteiger partial charge >= 0.3 is 0 Å². The number of benzene rings is 2. The Morgan fingerprint density at radius 1 is 0.938 bits per heavy atom. The maximum absolute atomic E-state index is 12.8. The van der Waals surface area contributed by atoms with Crippen molar-refractivity contribution < 1.29 is 26.4 Å². The molecule has 1 heterocycles. The Kier molecular flexibility index (Phi) is 7.11. The molecule has 9 nitrogen and oxygen atoms in total. The molecule has 174 valence electrons. The van der Waals surface area contributed by atoms with E-state index in [1.807, 2.05) is 6.92 Å². The Hall–Kier alpha value is -2.63. The summed E-state index contributed by atoms with van der Waals surface area (Å²) in [7, 11) is -5.49. The van der Waals surface area contributed by atoms with Gasteiger partial charge in [-0.05, 0) is 43.3 Å². The fourth-order valence-corrected chi connectivity index (χ4v) is 5.14. The van der Waals surface area contributed by atoms with Gasteiger partial charge < -0.3 is 9.64 Å². The van der Waals surface area contributed by atoms with E-state index in [1.165, 1.54) is 11.4 Å². The van der Waals surface area contributed by atoms with Crippen molar-refractivity contribution >= 4 is 31.6 Å². The third kappa shape index (κ3) is 5.59. The van der Waals surface area contributed by atoms with E-state index in [1.54, 1.807) is 53.4 Å². The highest BCUT2D eigenvalue weighted by atomic mass is 32.2. The molecule has 0 N–H and O–H groups in total. The van der Waals surface area contributed by atoms with Crippen molar-refractivity contribution in [1.82, 2.24) is 9.21 Å². The van der Waals surface area contributed by atoms with E-state index >= 15 is 0 Å². The van der Waals surface area contributed by atoms with Crippen LogP contribution in [0.15, 0.2) is 53.4 Å². The highest BCUT2D eigenvalue weighted by Gasteiger charge is 2.30. The van der Waals surface area contributed by atoms with Crippen molar-refractivity contribution in [3.05, 3.63) is 54.1 Å². The topological polar surface area (TPSA) is 104 Å². The predicted octanol–water partition coefficient (Wildman–Crippen LogP) is 1.30. The van der Waals surface area contributed by atoms with Crippen LogP contribution in [-0.4, -0.2) is 78.0 Å². The van der Waals surface area contributed by atoms with Gasteiger partial charge in [0.05, 0.1) is 16.8 Å². The molecule has 0 radical (unpaired) electrons. The first-order valence-corrected chi connectivity index (χ1v) is 13.3. The number of sulfonamides is 2. The van der Waals surface area contributed by atoms with Gasteiger partial charge in [0, 0.05) is 33.2 Å². The number of carbonyl (C=O) groups is 1. The van der Waals surface area contributed by atoms with Crippen LogP contribution in [0.5, 0.6) is 5.75 Å². The van der Waals surface area contributed by atoms with Gasteiger partial charge in [0.1, 0.15) is 5.75 Å². The monoisotopic (exact) mass is 481 g/mol. The van der Waals surface area contributed by atoms with Crippen LogP contribution >= 0.6 is 0 Å². The summed E-state index contributed by atoms with van der Waals surface area (Å²) in [6.07, 6.45) is 1.11. The molecular weight excluding hydrogens is 454 g/mol. The van der Waals surface area contributed by atoms with E-state index in [0.29, 0.717) is 11.4 Å². The third-order valence-electron chi connectivity index (χ3n) is 5.31. The molecule has 0 aromatic heterocycles. The van der Waals surface area contributed by atoms with Crippen molar-refractivity contribution in [3.63, 3.8) is 0 Å². The Labute approximate surface area is 189 Å². The summed E-state index contributed by atoms with van der Waals surface area (Å²) < 4.78 is 56.8. The van der Waals surface area contributed by atoms with Gasteiger partial charge in [-0.25, -0.2) is 16.8 Å². The van der Waals surface area contributed by atoms with Crippen molar-refractivity contribution in [2.45, 2.75) is 11.8 Å². The number of hydrogen-bond acceptors (Lipinski definition) is 6. The van der Waals surface area contributed by atoms with E-state index < -0.39 is 20.0 Å². The molecule has 2 aromatic carbocycles. The zero-order chi connectivity index (χ0) is 23.5. The van der Waals surface area contributed by atoms with E-state index in [9.17, 15) is 21.6 Å². The summed E-state index contributed by atoms with van der Waals surface area (Å²) >= 11 is 0. The molecule has 1 saturated heterocycles. The highest BCUT2D eigenvalue weighted by Crippen LogP contribution is 2.21. The van der Waals surface area contributed by atoms with Crippen molar-refractivity contribution in [2.75, 3.05) is 50.4 Å². The number of anilines is 1. The fourth-order valence-electron chi connectivity index (χ4n) is 3.22. The number of nitrogens with zero attached hydrogens (tertiary/aromatic N) is 3. The molecule has 1 aliphatic rings. The van der Waals surface area contributed by atoms with E-state index in [4.69, 9.17) is 4.74 Å². The number of piperazine rings is 1. The Bertz CT molecular complexity index is 1160. The second-order valence-electron chi connectivity index (χ2n) is 7.61. The summed E-state index contributed by atoms with van der Waals surface area (Å²) in [6.45, 7) is 2.71. The van der Waals surface area contributed by atoms with Crippen molar-refractivity contribution in [3.8, 4) is 5.75 Å².